The van der Waals surface area contributed by atoms with Crippen LogP contribution in [0.3, 0.4) is 0 Å². The van der Waals surface area contributed by atoms with E-state index in [0.29, 0.717) is 0 Å². The van der Waals surface area contributed by atoms with E-state index in [0.717, 1.165) is 5.92 Å². The van der Waals surface area contributed by atoms with E-state index in [-0.39, 0.29) is 0 Å². The summed E-state index contributed by atoms with van der Waals surface area (Å²) in [7, 11) is 0. The van der Waals surface area contributed by atoms with E-state index in [4.69, 9.17) is 0 Å². The lowest BCUT2D eigenvalue weighted by Gasteiger charge is -2.15. The van der Waals surface area contributed by atoms with Crippen molar-refractivity contribution in [3.8, 4) is 11.8 Å². The monoisotopic (exact) mass is 152 g/mol. The Morgan fingerprint density at radius 1 is 1.00 bits per heavy atom. The molecule has 0 aromatic heterocycles. The molecule has 0 aromatic rings. The number of hydrogen-bond donors (Lipinski definition) is 0. The molecule has 0 bridgehead atoms. The van der Waals surface area contributed by atoms with E-state index in [1.807, 2.05) is 20.8 Å². The molecule has 1 saturated carbocycles. The van der Waals surface area contributed by atoms with Crippen molar-refractivity contribution in [1.29, 1.82) is 0 Å². The molecule has 1 fully saturated rings. The largest absolute Gasteiger partial charge is 0.106 e. The summed E-state index contributed by atoms with van der Waals surface area (Å²) in [4.78, 5) is 0. The van der Waals surface area contributed by atoms with Crippen molar-refractivity contribution >= 4 is 0 Å². The van der Waals surface area contributed by atoms with Gasteiger partial charge in [0.25, 0.3) is 0 Å². The third-order valence-electron chi connectivity index (χ3n) is 1.95. The molecule has 0 saturated heterocycles. The first kappa shape index (κ1) is 10.6. The fourth-order valence-corrected chi connectivity index (χ4v) is 1.45. The van der Waals surface area contributed by atoms with Crippen molar-refractivity contribution in [3.05, 3.63) is 0 Å². The lowest BCUT2D eigenvalue weighted by atomic mass is 9.90. The van der Waals surface area contributed by atoms with Gasteiger partial charge < -0.3 is 0 Å². The Hall–Kier alpha value is -0.440. The molecule has 0 N–H and O–H groups in total. The van der Waals surface area contributed by atoms with Crippen molar-refractivity contribution in [2.45, 2.75) is 52.9 Å². The highest BCUT2D eigenvalue weighted by Gasteiger charge is 2.09. The highest BCUT2D eigenvalue weighted by Crippen LogP contribution is 2.22. The van der Waals surface area contributed by atoms with Crippen LogP contribution >= 0.6 is 0 Å². The molecule has 64 valence electrons. The molecule has 1 aliphatic rings. The molecule has 0 aromatic carbocycles. The summed E-state index contributed by atoms with van der Waals surface area (Å²) in [5, 5.41) is 0. The van der Waals surface area contributed by atoms with E-state index >= 15 is 0 Å². The Balaban J connectivity index is 0.000000461. The third kappa shape index (κ3) is 4.90. The van der Waals surface area contributed by atoms with Gasteiger partial charge in [0.2, 0.25) is 0 Å². The minimum Gasteiger partial charge on any atom is -0.106 e. The molecule has 0 amide bonds. The third-order valence-corrected chi connectivity index (χ3v) is 1.95. The van der Waals surface area contributed by atoms with Crippen LogP contribution in [-0.2, 0) is 0 Å². The van der Waals surface area contributed by atoms with Gasteiger partial charge in [-0.3, -0.25) is 0 Å². The van der Waals surface area contributed by atoms with Gasteiger partial charge in [0, 0.05) is 5.92 Å². The average Bonchev–Trinajstić information content (AvgIpc) is 2.11. The van der Waals surface area contributed by atoms with E-state index < -0.39 is 0 Å². The quantitative estimate of drug-likeness (QED) is 0.465. The lowest BCUT2D eigenvalue weighted by molar-refractivity contribution is 0.430. The molecule has 0 nitrogen and oxygen atoms in total. The van der Waals surface area contributed by atoms with Gasteiger partial charge in [0.15, 0.2) is 0 Å². The molecular formula is C11H20. The van der Waals surface area contributed by atoms with Crippen LogP contribution < -0.4 is 0 Å². The normalized spacial score (nSPS) is 17.4. The summed E-state index contributed by atoms with van der Waals surface area (Å²) >= 11 is 0. The second kappa shape index (κ2) is 7.66. The van der Waals surface area contributed by atoms with E-state index in [1.165, 1.54) is 32.1 Å². The molecule has 0 aliphatic heterocycles. The molecule has 0 atom stereocenters. The van der Waals surface area contributed by atoms with E-state index in [1.54, 1.807) is 0 Å². The summed E-state index contributed by atoms with van der Waals surface area (Å²) in [6.07, 6.45) is 6.93. The van der Waals surface area contributed by atoms with Crippen LogP contribution in [0, 0.1) is 17.8 Å². The minimum absolute atomic E-state index is 0.740. The van der Waals surface area contributed by atoms with Gasteiger partial charge >= 0.3 is 0 Å². The van der Waals surface area contributed by atoms with Gasteiger partial charge in [-0.15, -0.1) is 11.8 Å². The Morgan fingerprint density at radius 2 is 1.55 bits per heavy atom. The van der Waals surface area contributed by atoms with E-state index in [2.05, 4.69) is 11.8 Å². The van der Waals surface area contributed by atoms with Gasteiger partial charge in [0.1, 0.15) is 0 Å². The smallest absolute Gasteiger partial charge is 0.0202 e. The standard InChI is InChI=1S/C9H14.C2H6/c1-2-6-9-7-4-3-5-8-9;1-2/h9H,3-5,7-8H2,1H3;1-2H3. The molecule has 0 heterocycles. The number of hydrogen-bond acceptors (Lipinski definition) is 0. The van der Waals surface area contributed by atoms with Gasteiger partial charge in [-0.1, -0.05) is 33.1 Å². The van der Waals surface area contributed by atoms with Crippen LogP contribution in [0.5, 0.6) is 0 Å². The van der Waals surface area contributed by atoms with E-state index in [9.17, 15) is 0 Å². The summed E-state index contributed by atoms with van der Waals surface area (Å²) in [6, 6.07) is 0. The van der Waals surface area contributed by atoms with Crippen molar-refractivity contribution < 1.29 is 0 Å². The number of rotatable bonds is 0. The lowest BCUT2D eigenvalue weighted by Crippen LogP contribution is -2.02. The second-order valence-electron chi connectivity index (χ2n) is 2.73. The molecule has 1 rings (SSSR count). The molecule has 0 radical (unpaired) electrons. The first-order chi connectivity index (χ1) is 5.43. The van der Waals surface area contributed by atoms with Gasteiger partial charge in [0.05, 0.1) is 0 Å². The first-order valence-corrected chi connectivity index (χ1v) is 4.86. The summed E-state index contributed by atoms with van der Waals surface area (Å²) in [5.74, 6) is 6.96. The maximum absolute atomic E-state index is 3.23. The summed E-state index contributed by atoms with van der Waals surface area (Å²) in [5.41, 5.74) is 0. The van der Waals surface area contributed by atoms with Crippen molar-refractivity contribution in [2.75, 3.05) is 0 Å². The van der Waals surface area contributed by atoms with Gasteiger partial charge in [-0.05, 0) is 19.8 Å². The molecule has 11 heavy (non-hydrogen) atoms. The average molecular weight is 152 g/mol. The predicted octanol–water partition coefficient (Wildman–Crippen LogP) is 3.62. The maximum Gasteiger partial charge on any atom is 0.0202 e. The van der Waals surface area contributed by atoms with Crippen LogP contribution in [-0.4, -0.2) is 0 Å². The fraction of sp³-hybridized carbons (Fsp3) is 0.818. The Kier molecular flexibility index (Phi) is 7.36. The topological polar surface area (TPSA) is 0 Å². The molecule has 0 spiro atoms. The molecule has 0 heteroatoms. The maximum atomic E-state index is 3.23. The molecule has 0 unspecified atom stereocenters. The fourth-order valence-electron chi connectivity index (χ4n) is 1.45. The van der Waals surface area contributed by atoms with Crippen LogP contribution in [0.2, 0.25) is 0 Å². The van der Waals surface area contributed by atoms with Crippen LogP contribution in [0.15, 0.2) is 0 Å². The molecule has 1 aliphatic carbocycles. The van der Waals surface area contributed by atoms with Crippen molar-refractivity contribution in [2.24, 2.45) is 5.92 Å². The minimum atomic E-state index is 0.740. The highest BCUT2D eigenvalue weighted by molar-refractivity contribution is 5.01. The van der Waals surface area contributed by atoms with Gasteiger partial charge in [-0.25, -0.2) is 0 Å². The Bertz CT molecular complexity index is 119. The van der Waals surface area contributed by atoms with Gasteiger partial charge in [-0.2, -0.15) is 0 Å². The summed E-state index contributed by atoms with van der Waals surface area (Å²) in [6.45, 7) is 5.94. The van der Waals surface area contributed by atoms with Crippen molar-refractivity contribution in [3.63, 3.8) is 0 Å². The predicted molar refractivity (Wildman–Crippen MR) is 51.4 cm³/mol. The zero-order valence-electron chi connectivity index (χ0n) is 8.11. The zero-order chi connectivity index (χ0) is 8.53. The second-order valence-corrected chi connectivity index (χ2v) is 2.73. The Morgan fingerprint density at radius 3 is 2.00 bits per heavy atom. The SMILES string of the molecule is CC.CC#CC1CCCCC1. The Labute approximate surface area is 71.4 Å². The highest BCUT2D eigenvalue weighted by atomic mass is 14.1. The summed E-state index contributed by atoms with van der Waals surface area (Å²) < 4.78 is 0. The first-order valence-electron chi connectivity index (χ1n) is 4.86. The van der Waals surface area contributed by atoms with Crippen LogP contribution in [0.1, 0.15) is 52.9 Å². The van der Waals surface area contributed by atoms with Crippen molar-refractivity contribution in [1.82, 2.24) is 0 Å². The zero-order valence-corrected chi connectivity index (χ0v) is 8.11. The molecular weight excluding hydrogens is 132 g/mol. The van der Waals surface area contributed by atoms with Crippen LogP contribution in [0.4, 0.5) is 0 Å². The van der Waals surface area contributed by atoms with Crippen LogP contribution in [0.25, 0.3) is 0 Å².